The highest BCUT2D eigenvalue weighted by molar-refractivity contribution is 5.61. The highest BCUT2D eigenvalue weighted by Gasteiger charge is 2.20. The van der Waals surface area contributed by atoms with Gasteiger partial charge < -0.3 is 10.1 Å². The summed E-state index contributed by atoms with van der Waals surface area (Å²) >= 11 is 0. The molecule has 1 saturated carbocycles. The van der Waals surface area contributed by atoms with Gasteiger partial charge in [0.25, 0.3) is 0 Å². The first-order chi connectivity index (χ1) is 9.26. The number of aromatic nitrogens is 2. The van der Waals surface area contributed by atoms with Gasteiger partial charge in [-0.2, -0.15) is 5.10 Å². The average molecular weight is 257 g/mol. The normalized spacial score (nSPS) is 14.6. The molecule has 1 N–H and O–H groups in total. The second-order valence-electron chi connectivity index (χ2n) is 5.06. The minimum atomic E-state index is 0.697. The van der Waals surface area contributed by atoms with Crippen LogP contribution in [-0.2, 0) is 13.6 Å². The van der Waals surface area contributed by atoms with Crippen molar-refractivity contribution in [2.75, 3.05) is 7.11 Å². The highest BCUT2D eigenvalue weighted by Crippen LogP contribution is 2.27. The van der Waals surface area contributed by atoms with Crippen molar-refractivity contribution in [3.8, 4) is 17.0 Å². The zero-order valence-corrected chi connectivity index (χ0v) is 11.4. The molecule has 1 aliphatic carbocycles. The molecule has 4 nitrogen and oxygen atoms in total. The van der Waals surface area contributed by atoms with E-state index in [0.29, 0.717) is 6.04 Å². The molecule has 0 unspecified atom stereocenters. The van der Waals surface area contributed by atoms with E-state index in [4.69, 9.17) is 4.74 Å². The van der Waals surface area contributed by atoms with Gasteiger partial charge in [0.15, 0.2) is 0 Å². The zero-order chi connectivity index (χ0) is 13.2. The minimum Gasteiger partial charge on any atom is -0.496 e. The van der Waals surface area contributed by atoms with Gasteiger partial charge in [-0.1, -0.05) is 0 Å². The molecule has 100 valence electrons. The Balaban J connectivity index is 1.86. The Morgan fingerprint density at radius 2 is 2.21 bits per heavy atom. The lowest BCUT2D eigenvalue weighted by molar-refractivity contribution is 0.407. The minimum absolute atomic E-state index is 0.697. The molecule has 4 heteroatoms. The van der Waals surface area contributed by atoms with Crippen LogP contribution < -0.4 is 10.1 Å². The highest BCUT2D eigenvalue weighted by atomic mass is 16.5. The molecule has 3 rings (SSSR count). The summed E-state index contributed by atoms with van der Waals surface area (Å²) in [4.78, 5) is 0. The van der Waals surface area contributed by atoms with Crippen LogP contribution in [0.3, 0.4) is 0 Å². The maximum atomic E-state index is 5.43. The molecule has 0 aliphatic heterocycles. The number of rotatable bonds is 5. The van der Waals surface area contributed by atoms with Gasteiger partial charge in [0, 0.05) is 37.0 Å². The fourth-order valence-corrected chi connectivity index (χ4v) is 2.19. The third-order valence-electron chi connectivity index (χ3n) is 3.45. The van der Waals surface area contributed by atoms with Gasteiger partial charge in [-0.05, 0) is 37.1 Å². The van der Waals surface area contributed by atoms with Crippen molar-refractivity contribution in [1.82, 2.24) is 15.1 Å². The van der Waals surface area contributed by atoms with Crippen LogP contribution in [0.2, 0.25) is 0 Å². The van der Waals surface area contributed by atoms with Crippen LogP contribution in [0.25, 0.3) is 11.3 Å². The van der Waals surface area contributed by atoms with Gasteiger partial charge in [0.05, 0.1) is 12.8 Å². The first kappa shape index (κ1) is 12.2. The summed E-state index contributed by atoms with van der Waals surface area (Å²) in [5.74, 6) is 0.938. The monoisotopic (exact) mass is 257 g/mol. The molecule has 0 radical (unpaired) electrons. The van der Waals surface area contributed by atoms with Crippen molar-refractivity contribution in [2.24, 2.45) is 7.05 Å². The number of hydrogen-bond donors (Lipinski definition) is 1. The fourth-order valence-electron chi connectivity index (χ4n) is 2.19. The Morgan fingerprint density at radius 1 is 1.37 bits per heavy atom. The van der Waals surface area contributed by atoms with Crippen molar-refractivity contribution < 1.29 is 4.74 Å². The van der Waals surface area contributed by atoms with E-state index >= 15 is 0 Å². The molecule has 1 aromatic heterocycles. The number of hydrogen-bond acceptors (Lipinski definition) is 3. The summed E-state index contributed by atoms with van der Waals surface area (Å²) in [6.45, 7) is 0.856. The molecule has 0 amide bonds. The molecule has 1 aliphatic rings. The summed E-state index contributed by atoms with van der Waals surface area (Å²) in [7, 11) is 3.65. The van der Waals surface area contributed by atoms with E-state index in [9.17, 15) is 0 Å². The number of nitrogens with zero attached hydrogens (tertiary/aromatic N) is 2. The quantitative estimate of drug-likeness (QED) is 0.893. The Bertz CT molecular complexity index is 573. The van der Waals surface area contributed by atoms with Crippen LogP contribution in [0, 0.1) is 0 Å². The standard InChI is InChI=1S/C15H19N3O/c1-18-8-7-14(17-18)11-3-6-15(19-2)12(9-11)10-16-13-4-5-13/h3,6-9,13,16H,4-5,10H2,1-2H3. The van der Waals surface area contributed by atoms with Crippen LogP contribution in [-0.4, -0.2) is 22.9 Å². The predicted octanol–water partition coefficient (Wildman–Crippen LogP) is 2.35. The molecule has 0 saturated heterocycles. The first-order valence-electron chi connectivity index (χ1n) is 6.66. The second kappa shape index (κ2) is 5.05. The van der Waals surface area contributed by atoms with Crippen LogP contribution >= 0.6 is 0 Å². The molecular formula is C15H19N3O. The van der Waals surface area contributed by atoms with Gasteiger partial charge in [0.1, 0.15) is 5.75 Å². The third-order valence-corrected chi connectivity index (χ3v) is 3.45. The molecule has 2 aromatic rings. The number of methoxy groups -OCH3 is 1. The summed E-state index contributed by atoms with van der Waals surface area (Å²) in [5.41, 5.74) is 3.32. The Labute approximate surface area is 113 Å². The fraction of sp³-hybridized carbons (Fsp3) is 0.400. The molecule has 1 fully saturated rings. The maximum absolute atomic E-state index is 5.43. The number of ether oxygens (including phenoxy) is 1. The van der Waals surface area contributed by atoms with E-state index in [1.165, 1.54) is 18.4 Å². The number of nitrogens with one attached hydrogen (secondary N) is 1. The van der Waals surface area contributed by atoms with E-state index in [1.54, 1.807) is 7.11 Å². The smallest absolute Gasteiger partial charge is 0.123 e. The molecule has 0 bridgehead atoms. The molecule has 19 heavy (non-hydrogen) atoms. The van der Waals surface area contributed by atoms with E-state index in [0.717, 1.165) is 23.6 Å². The SMILES string of the molecule is COc1ccc(-c2ccn(C)n2)cc1CNC1CC1. The molecular weight excluding hydrogens is 238 g/mol. The Hall–Kier alpha value is -1.81. The number of aryl methyl sites for hydroxylation is 1. The topological polar surface area (TPSA) is 39.1 Å². The van der Waals surface area contributed by atoms with Crippen LogP contribution in [0.5, 0.6) is 5.75 Å². The summed E-state index contributed by atoms with van der Waals surface area (Å²) in [6.07, 6.45) is 4.55. The third kappa shape index (κ3) is 2.79. The first-order valence-corrected chi connectivity index (χ1v) is 6.66. The van der Waals surface area contributed by atoms with Gasteiger partial charge in [-0.3, -0.25) is 4.68 Å². The van der Waals surface area contributed by atoms with Gasteiger partial charge >= 0.3 is 0 Å². The lowest BCUT2D eigenvalue weighted by atomic mass is 10.1. The van der Waals surface area contributed by atoms with Crippen LogP contribution in [0.4, 0.5) is 0 Å². The van der Waals surface area contributed by atoms with Gasteiger partial charge in [-0.25, -0.2) is 0 Å². The summed E-state index contributed by atoms with van der Waals surface area (Å²) in [5, 5.41) is 7.97. The van der Waals surface area contributed by atoms with Crippen molar-refractivity contribution in [1.29, 1.82) is 0 Å². The Kier molecular flexibility index (Phi) is 3.25. The number of benzene rings is 1. The van der Waals surface area contributed by atoms with Crippen molar-refractivity contribution >= 4 is 0 Å². The molecule has 0 spiro atoms. The van der Waals surface area contributed by atoms with Crippen molar-refractivity contribution in [3.63, 3.8) is 0 Å². The zero-order valence-electron chi connectivity index (χ0n) is 11.4. The van der Waals surface area contributed by atoms with Gasteiger partial charge in [-0.15, -0.1) is 0 Å². The second-order valence-corrected chi connectivity index (χ2v) is 5.06. The van der Waals surface area contributed by atoms with Crippen molar-refractivity contribution in [2.45, 2.75) is 25.4 Å². The largest absolute Gasteiger partial charge is 0.496 e. The molecule has 0 atom stereocenters. The summed E-state index contributed by atoms with van der Waals surface area (Å²) < 4.78 is 7.25. The van der Waals surface area contributed by atoms with E-state index in [-0.39, 0.29) is 0 Å². The maximum Gasteiger partial charge on any atom is 0.123 e. The van der Waals surface area contributed by atoms with Crippen LogP contribution in [0.15, 0.2) is 30.5 Å². The molecule has 1 aromatic carbocycles. The van der Waals surface area contributed by atoms with E-state index in [2.05, 4.69) is 22.5 Å². The lowest BCUT2D eigenvalue weighted by Crippen LogP contribution is -2.15. The molecule has 1 heterocycles. The van der Waals surface area contributed by atoms with Gasteiger partial charge in [0.2, 0.25) is 0 Å². The lowest BCUT2D eigenvalue weighted by Gasteiger charge is -2.10. The van der Waals surface area contributed by atoms with E-state index in [1.807, 2.05) is 30.1 Å². The van der Waals surface area contributed by atoms with Crippen molar-refractivity contribution in [3.05, 3.63) is 36.0 Å². The van der Waals surface area contributed by atoms with Crippen LogP contribution in [0.1, 0.15) is 18.4 Å². The average Bonchev–Trinajstić information content (AvgIpc) is 3.16. The Morgan fingerprint density at radius 3 is 2.84 bits per heavy atom. The predicted molar refractivity (Wildman–Crippen MR) is 75.1 cm³/mol. The summed E-state index contributed by atoms with van der Waals surface area (Å²) in [6, 6.07) is 8.97. The van der Waals surface area contributed by atoms with E-state index < -0.39 is 0 Å².